The predicted octanol–water partition coefficient (Wildman–Crippen LogP) is 1.88. The van der Waals surface area contributed by atoms with Gasteiger partial charge in [-0.2, -0.15) is 0 Å². The van der Waals surface area contributed by atoms with Gasteiger partial charge in [-0.15, -0.1) is 0 Å². The number of benzene rings is 1. The quantitative estimate of drug-likeness (QED) is 0.736. The van der Waals surface area contributed by atoms with Crippen LogP contribution in [0.5, 0.6) is 5.75 Å². The average Bonchev–Trinajstić information content (AvgIpc) is 2.16. The number of phenols is 1. The van der Waals surface area contributed by atoms with Crippen molar-refractivity contribution in [2.45, 2.75) is 39.8 Å². The molecule has 0 aliphatic carbocycles. The largest absolute Gasteiger partial charge is 0.508 e. The van der Waals surface area contributed by atoms with E-state index in [-0.39, 0.29) is 17.7 Å². The summed E-state index contributed by atoms with van der Waals surface area (Å²) in [4.78, 5) is 11.4. The zero-order valence-electron chi connectivity index (χ0n) is 10.9. The molecule has 0 unspecified atom stereocenters. The lowest BCUT2D eigenvalue weighted by molar-refractivity contribution is 0.0943. The van der Waals surface area contributed by atoms with Crippen molar-refractivity contribution < 1.29 is 9.90 Å². The minimum atomic E-state index is -0.116. The number of phenolic OH excluding ortho intramolecular Hbond substituents is 1. The highest BCUT2D eigenvalue weighted by atomic mass is 16.3. The van der Waals surface area contributed by atoms with Crippen molar-refractivity contribution in [3.05, 3.63) is 29.8 Å². The van der Waals surface area contributed by atoms with Crippen molar-refractivity contribution in [3.63, 3.8) is 0 Å². The Bertz CT molecular complexity index is 329. The summed E-state index contributed by atoms with van der Waals surface area (Å²) in [7, 11) is 0. The minimum absolute atomic E-state index is 0.116. The Balaban J connectivity index is 0.000000557. The van der Waals surface area contributed by atoms with E-state index >= 15 is 0 Å². The summed E-state index contributed by atoms with van der Waals surface area (Å²) in [6.45, 7) is 7.69. The summed E-state index contributed by atoms with van der Waals surface area (Å²) in [6, 6.07) is 6.63. The lowest BCUT2D eigenvalue weighted by Crippen LogP contribution is -2.29. The second-order valence-corrected chi connectivity index (χ2v) is 4.42. The van der Waals surface area contributed by atoms with Crippen LogP contribution in [0.15, 0.2) is 24.3 Å². The van der Waals surface area contributed by atoms with E-state index in [1.165, 1.54) is 12.1 Å². The van der Waals surface area contributed by atoms with E-state index in [0.717, 1.165) is 0 Å². The third-order valence-corrected chi connectivity index (χ3v) is 1.55. The number of carbonyl (C=O) groups is 1. The average molecular weight is 238 g/mol. The highest BCUT2D eigenvalue weighted by Crippen LogP contribution is 2.09. The van der Waals surface area contributed by atoms with Gasteiger partial charge in [-0.3, -0.25) is 4.79 Å². The van der Waals surface area contributed by atoms with Gasteiger partial charge in [0.2, 0.25) is 0 Å². The number of nitrogens with one attached hydrogen (secondary N) is 1. The summed E-state index contributed by atoms with van der Waals surface area (Å²) >= 11 is 0. The minimum Gasteiger partial charge on any atom is -0.508 e. The molecule has 0 bridgehead atoms. The van der Waals surface area contributed by atoms with E-state index < -0.39 is 0 Å². The van der Waals surface area contributed by atoms with Crippen LogP contribution in [0, 0.1) is 0 Å². The van der Waals surface area contributed by atoms with Crippen LogP contribution in [0.4, 0.5) is 0 Å². The van der Waals surface area contributed by atoms with Gasteiger partial charge in [-0.1, -0.05) is 13.8 Å². The van der Waals surface area contributed by atoms with Gasteiger partial charge in [0.1, 0.15) is 5.75 Å². The number of hydrogen-bond acceptors (Lipinski definition) is 3. The molecular weight excluding hydrogens is 216 g/mol. The van der Waals surface area contributed by atoms with Gasteiger partial charge in [0.15, 0.2) is 0 Å². The molecular formula is C13H22N2O2. The molecule has 4 N–H and O–H groups in total. The van der Waals surface area contributed by atoms with Gasteiger partial charge in [0.25, 0.3) is 5.91 Å². The SMILES string of the molecule is CC(C)N.CC(C)NC(=O)c1ccc(O)cc1. The Morgan fingerprint density at radius 1 is 1.18 bits per heavy atom. The van der Waals surface area contributed by atoms with Gasteiger partial charge < -0.3 is 16.2 Å². The van der Waals surface area contributed by atoms with E-state index in [9.17, 15) is 4.79 Å². The maximum Gasteiger partial charge on any atom is 0.251 e. The molecule has 1 aromatic carbocycles. The second kappa shape index (κ2) is 7.68. The molecule has 0 fully saturated rings. The maximum absolute atomic E-state index is 11.4. The standard InChI is InChI=1S/C10H13NO2.C3H9N/c1-7(2)11-10(13)8-3-5-9(12)6-4-8;1-3(2)4/h3-7,12H,1-2H3,(H,11,13);3H,4H2,1-2H3. The highest BCUT2D eigenvalue weighted by Gasteiger charge is 2.05. The molecule has 0 aliphatic heterocycles. The number of aromatic hydroxyl groups is 1. The zero-order valence-corrected chi connectivity index (χ0v) is 10.9. The Hall–Kier alpha value is -1.55. The van der Waals surface area contributed by atoms with Crippen LogP contribution >= 0.6 is 0 Å². The molecule has 17 heavy (non-hydrogen) atoms. The lowest BCUT2D eigenvalue weighted by atomic mass is 10.2. The van der Waals surface area contributed by atoms with Gasteiger partial charge in [-0.25, -0.2) is 0 Å². The molecule has 0 radical (unpaired) electrons. The molecule has 4 heteroatoms. The zero-order chi connectivity index (χ0) is 13.4. The summed E-state index contributed by atoms with van der Waals surface area (Å²) < 4.78 is 0. The number of rotatable bonds is 2. The molecule has 0 saturated heterocycles. The number of carbonyl (C=O) groups excluding carboxylic acids is 1. The third-order valence-electron chi connectivity index (χ3n) is 1.55. The molecule has 0 aromatic heterocycles. The van der Waals surface area contributed by atoms with Crippen LogP contribution in [0.25, 0.3) is 0 Å². The van der Waals surface area contributed by atoms with Crippen molar-refractivity contribution in [1.82, 2.24) is 5.32 Å². The van der Waals surface area contributed by atoms with E-state index in [1.807, 2.05) is 27.7 Å². The molecule has 0 aliphatic rings. The summed E-state index contributed by atoms with van der Waals surface area (Å²) in [5.74, 6) is 0.0519. The van der Waals surface area contributed by atoms with Crippen LogP contribution in [0.3, 0.4) is 0 Å². The second-order valence-electron chi connectivity index (χ2n) is 4.42. The first-order chi connectivity index (χ1) is 7.82. The van der Waals surface area contributed by atoms with Crippen molar-refractivity contribution >= 4 is 5.91 Å². The topological polar surface area (TPSA) is 75.3 Å². The molecule has 0 heterocycles. The molecule has 1 amide bonds. The smallest absolute Gasteiger partial charge is 0.251 e. The number of hydrogen-bond donors (Lipinski definition) is 3. The Labute approximate surface area is 103 Å². The van der Waals surface area contributed by atoms with Gasteiger partial charge in [0, 0.05) is 11.6 Å². The monoisotopic (exact) mass is 238 g/mol. The van der Waals surface area contributed by atoms with E-state index in [0.29, 0.717) is 11.6 Å². The molecule has 1 rings (SSSR count). The van der Waals surface area contributed by atoms with Crippen LogP contribution in [0.2, 0.25) is 0 Å². The first-order valence-corrected chi connectivity index (χ1v) is 5.68. The van der Waals surface area contributed by atoms with Gasteiger partial charge in [0.05, 0.1) is 0 Å². The fraction of sp³-hybridized carbons (Fsp3) is 0.462. The van der Waals surface area contributed by atoms with Gasteiger partial charge in [-0.05, 0) is 44.2 Å². The van der Waals surface area contributed by atoms with Crippen molar-refractivity contribution in [2.24, 2.45) is 5.73 Å². The molecule has 0 saturated carbocycles. The molecule has 0 spiro atoms. The Kier molecular flexibility index (Phi) is 6.98. The van der Waals surface area contributed by atoms with Crippen molar-refractivity contribution in [2.75, 3.05) is 0 Å². The Morgan fingerprint density at radius 3 is 1.94 bits per heavy atom. The molecule has 0 atom stereocenters. The number of nitrogens with two attached hydrogens (primary N) is 1. The first-order valence-electron chi connectivity index (χ1n) is 5.68. The van der Waals surface area contributed by atoms with E-state index in [1.54, 1.807) is 12.1 Å². The van der Waals surface area contributed by atoms with Crippen molar-refractivity contribution in [1.29, 1.82) is 0 Å². The lowest BCUT2D eigenvalue weighted by Gasteiger charge is -2.07. The summed E-state index contributed by atoms with van der Waals surface area (Å²) in [5.41, 5.74) is 5.67. The Morgan fingerprint density at radius 2 is 1.59 bits per heavy atom. The van der Waals surface area contributed by atoms with Crippen LogP contribution in [0.1, 0.15) is 38.1 Å². The normalized spacial score (nSPS) is 9.82. The first kappa shape index (κ1) is 15.4. The molecule has 4 nitrogen and oxygen atoms in total. The van der Waals surface area contributed by atoms with E-state index in [2.05, 4.69) is 5.32 Å². The van der Waals surface area contributed by atoms with E-state index in [4.69, 9.17) is 10.8 Å². The fourth-order valence-corrected chi connectivity index (χ4v) is 0.958. The van der Waals surface area contributed by atoms with Crippen LogP contribution in [-0.4, -0.2) is 23.1 Å². The van der Waals surface area contributed by atoms with Crippen molar-refractivity contribution in [3.8, 4) is 5.75 Å². The molecule has 1 aromatic rings. The summed E-state index contributed by atoms with van der Waals surface area (Å²) in [6.07, 6.45) is 0. The fourth-order valence-electron chi connectivity index (χ4n) is 0.958. The van der Waals surface area contributed by atoms with Gasteiger partial charge >= 0.3 is 0 Å². The maximum atomic E-state index is 11.4. The third kappa shape index (κ3) is 8.28. The number of amides is 1. The van der Waals surface area contributed by atoms with Crippen LogP contribution < -0.4 is 11.1 Å². The predicted molar refractivity (Wildman–Crippen MR) is 70.0 cm³/mol. The molecule has 96 valence electrons. The summed E-state index contributed by atoms with van der Waals surface area (Å²) in [5, 5.41) is 11.7. The van der Waals surface area contributed by atoms with Crippen LogP contribution in [-0.2, 0) is 0 Å². The highest BCUT2D eigenvalue weighted by molar-refractivity contribution is 5.94.